The molecule has 1 aliphatic heterocycles. The normalized spacial score (nSPS) is 19.1. The Morgan fingerprint density at radius 2 is 2.07 bits per heavy atom. The molecular weight excluding hydrogens is 395 g/mol. The number of esters is 1. The van der Waals surface area contributed by atoms with Gasteiger partial charge < -0.3 is 18.9 Å². The molecule has 0 aromatic heterocycles. The quantitative estimate of drug-likeness (QED) is 0.278. The Hall–Kier alpha value is -1.44. The Morgan fingerprint density at radius 3 is 2.70 bits per heavy atom. The predicted octanol–water partition coefficient (Wildman–Crippen LogP) is 3.68. The zero-order valence-corrected chi connectivity index (χ0v) is 16.9. The second kappa shape index (κ2) is 9.66. The van der Waals surface area contributed by atoms with E-state index in [4.69, 9.17) is 42.1 Å². The van der Waals surface area contributed by atoms with Crippen molar-refractivity contribution in [1.29, 1.82) is 0 Å². The molecule has 27 heavy (non-hydrogen) atoms. The largest absolute Gasteiger partial charge is 0.462 e. The third-order valence-corrected chi connectivity index (χ3v) is 4.51. The third kappa shape index (κ3) is 6.30. The van der Waals surface area contributed by atoms with Gasteiger partial charge in [0.1, 0.15) is 18.3 Å². The first kappa shape index (κ1) is 21.9. The molecule has 2 rings (SSSR count). The Balaban J connectivity index is 2.07. The SMILES string of the molecule is CCOC(=O)C(=Cc1cccc(Cl)c1Cl)C(=O)COCC1COC(C)(C)O1. The lowest BCUT2D eigenvalue weighted by Gasteiger charge is -2.17. The highest BCUT2D eigenvalue weighted by atomic mass is 35.5. The molecule has 0 amide bonds. The van der Waals surface area contributed by atoms with Crippen molar-refractivity contribution in [1.82, 2.24) is 0 Å². The molecule has 0 N–H and O–H groups in total. The van der Waals surface area contributed by atoms with Crippen LogP contribution in [0.1, 0.15) is 26.3 Å². The highest BCUT2D eigenvalue weighted by molar-refractivity contribution is 6.43. The number of benzene rings is 1. The summed E-state index contributed by atoms with van der Waals surface area (Å²) in [7, 11) is 0. The maximum Gasteiger partial charge on any atom is 0.341 e. The van der Waals surface area contributed by atoms with Gasteiger partial charge in [-0.3, -0.25) is 4.79 Å². The van der Waals surface area contributed by atoms with Gasteiger partial charge in [-0.1, -0.05) is 35.3 Å². The van der Waals surface area contributed by atoms with Crippen LogP contribution in [0.5, 0.6) is 0 Å². The first-order valence-corrected chi connectivity index (χ1v) is 9.24. The van der Waals surface area contributed by atoms with Crippen molar-refractivity contribution in [3.63, 3.8) is 0 Å². The van der Waals surface area contributed by atoms with Gasteiger partial charge in [-0.15, -0.1) is 0 Å². The molecule has 1 saturated heterocycles. The summed E-state index contributed by atoms with van der Waals surface area (Å²) in [5.41, 5.74) is 0.278. The number of ether oxygens (including phenoxy) is 4. The average molecular weight is 417 g/mol. The molecule has 8 heteroatoms. The summed E-state index contributed by atoms with van der Waals surface area (Å²) in [4.78, 5) is 24.7. The van der Waals surface area contributed by atoms with E-state index in [0.29, 0.717) is 17.2 Å². The molecule has 0 spiro atoms. The topological polar surface area (TPSA) is 71.1 Å². The van der Waals surface area contributed by atoms with E-state index in [1.807, 2.05) is 0 Å². The summed E-state index contributed by atoms with van der Waals surface area (Å²) >= 11 is 12.1. The lowest BCUT2D eigenvalue weighted by Crippen LogP contribution is -2.26. The fourth-order valence-electron chi connectivity index (χ4n) is 2.46. The van der Waals surface area contributed by atoms with E-state index in [9.17, 15) is 9.59 Å². The van der Waals surface area contributed by atoms with Crippen LogP contribution in [0.15, 0.2) is 23.8 Å². The molecule has 1 atom stereocenters. The molecule has 1 fully saturated rings. The molecule has 0 saturated carbocycles. The van der Waals surface area contributed by atoms with E-state index in [-0.39, 0.29) is 36.5 Å². The molecule has 0 aliphatic carbocycles. The molecular formula is C19H22Cl2O6. The number of carbonyl (C=O) groups excluding carboxylic acids is 2. The molecule has 1 unspecified atom stereocenters. The number of carbonyl (C=O) groups is 2. The van der Waals surface area contributed by atoms with E-state index in [1.54, 1.807) is 39.0 Å². The summed E-state index contributed by atoms with van der Waals surface area (Å²) in [5, 5.41) is 0.562. The number of rotatable bonds is 8. The van der Waals surface area contributed by atoms with Gasteiger partial charge in [-0.25, -0.2) is 4.79 Å². The highest BCUT2D eigenvalue weighted by Crippen LogP contribution is 2.27. The van der Waals surface area contributed by atoms with Crippen LogP contribution >= 0.6 is 23.2 Å². The summed E-state index contributed by atoms with van der Waals surface area (Å²) in [5.74, 6) is -1.94. The highest BCUT2D eigenvalue weighted by Gasteiger charge is 2.33. The second-order valence-corrected chi connectivity index (χ2v) is 7.10. The number of hydrogen-bond acceptors (Lipinski definition) is 6. The van der Waals surface area contributed by atoms with Crippen molar-refractivity contribution in [3.05, 3.63) is 39.4 Å². The summed E-state index contributed by atoms with van der Waals surface area (Å²) in [6, 6.07) is 4.93. The summed E-state index contributed by atoms with van der Waals surface area (Å²) in [6.07, 6.45) is 1.08. The lowest BCUT2D eigenvalue weighted by atomic mass is 10.1. The first-order valence-electron chi connectivity index (χ1n) is 8.49. The smallest absolute Gasteiger partial charge is 0.341 e. The first-order chi connectivity index (χ1) is 12.7. The summed E-state index contributed by atoms with van der Waals surface area (Å²) in [6.45, 7) is 5.63. The predicted molar refractivity (Wildman–Crippen MR) is 102 cm³/mol. The minimum Gasteiger partial charge on any atom is -0.462 e. The number of Topliss-reactive ketones (excluding diaryl/α,β-unsaturated/α-hetero) is 1. The molecule has 1 aromatic carbocycles. The number of halogens is 2. The average Bonchev–Trinajstić information content (AvgIpc) is 2.95. The fourth-order valence-corrected chi connectivity index (χ4v) is 2.82. The number of ketones is 1. The van der Waals surface area contributed by atoms with Gasteiger partial charge in [0.15, 0.2) is 11.6 Å². The molecule has 1 heterocycles. The minimum absolute atomic E-state index is 0.135. The molecule has 148 valence electrons. The monoisotopic (exact) mass is 416 g/mol. The molecule has 0 radical (unpaired) electrons. The Kier molecular flexibility index (Phi) is 7.82. The van der Waals surface area contributed by atoms with Gasteiger partial charge >= 0.3 is 5.97 Å². The van der Waals surface area contributed by atoms with Crippen LogP contribution in [0, 0.1) is 0 Å². The van der Waals surface area contributed by atoms with E-state index in [0.717, 1.165) is 0 Å². The van der Waals surface area contributed by atoms with E-state index < -0.39 is 17.5 Å². The van der Waals surface area contributed by atoms with Gasteiger partial charge in [0.2, 0.25) is 0 Å². The maximum atomic E-state index is 12.5. The van der Waals surface area contributed by atoms with Gasteiger partial charge in [0, 0.05) is 0 Å². The van der Waals surface area contributed by atoms with Crippen molar-refractivity contribution < 1.29 is 28.5 Å². The van der Waals surface area contributed by atoms with Crippen LogP contribution in [0.2, 0.25) is 10.0 Å². The van der Waals surface area contributed by atoms with Crippen LogP contribution in [0.4, 0.5) is 0 Å². The van der Waals surface area contributed by atoms with Gasteiger partial charge in [0.25, 0.3) is 0 Å². The van der Waals surface area contributed by atoms with Crippen molar-refractivity contribution >= 4 is 41.0 Å². The zero-order valence-electron chi connectivity index (χ0n) is 15.4. The van der Waals surface area contributed by atoms with E-state index in [1.165, 1.54) is 6.08 Å². The molecule has 6 nitrogen and oxygen atoms in total. The van der Waals surface area contributed by atoms with Gasteiger partial charge in [0.05, 0.1) is 29.9 Å². The van der Waals surface area contributed by atoms with Crippen molar-refractivity contribution in [2.75, 3.05) is 26.4 Å². The van der Waals surface area contributed by atoms with Crippen LogP contribution in [0.25, 0.3) is 6.08 Å². The maximum absolute atomic E-state index is 12.5. The van der Waals surface area contributed by atoms with E-state index in [2.05, 4.69) is 0 Å². The van der Waals surface area contributed by atoms with Crippen LogP contribution in [0.3, 0.4) is 0 Å². The Morgan fingerprint density at radius 1 is 1.33 bits per heavy atom. The van der Waals surface area contributed by atoms with Crippen molar-refractivity contribution in [2.45, 2.75) is 32.7 Å². The molecule has 1 aromatic rings. The fraction of sp³-hybridized carbons (Fsp3) is 0.474. The van der Waals surface area contributed by atoms with E-state index >= 15 is 0 Å². The Labute approximate surface area is 168 Å². The molecule has 0 bridgehead atoms. The standard InChI is InChI=1S/C19H22Cl2O6/c1-4-25-18(23)14(8-12-6-5-7-15(20)17(12)21)16(22)11-24-9-13-10-26-19(2,3)27-13/h5-8,13H,4,9-11H2,1-3H3. The number of hydrogen-bond donors (Lipinski definition) is 0. The Bertz CT molecular complexity index is 729. The second-order valence-electron chi connectivity index (χ2n) is 6.31. The molecule has 1 aliphatic rings. The van der Waals surface area contributed by atoms with Crippen LogP contribution < -0.4 is 0 Å². The van der Waals surface area contributed by atoms with Crippen LogP contribution in [-0.2, 0) is 28.5 Å². The lowest BCUT2D eigenvalue weighted by molar-refractivity contribution is -0.146. The van der Waals surface area contributed by atoms with Gasteiger partial charge in [-0.2, -0.15) is 0 Å². The third-order valence-electron chi connectivity index (χ3n) is 3.68. The van der Waals surface area contributed by atoms with Gasteiger partial charge in [-0.05, 0) is 38.5 Å². The minimum atomic E-state index is -0.747. The zero-order chi connectivity index (χ0) is 20.0. The summed E-state index contributed by atoms with van der Waals surface area (Å²) < 4.78 is 21.4. The van der Waals surface area contributed by atoms with Crippen LogP contribution in [-0.4, -0.2) is 50.1 Å². The van der Waals surface area contributed by atoms with Crippen molar-refractivity contribution in [3.8, 4) is 0 Å². The van der Waals surface area contributed by atoms with Crippen molar-refractivity contribution in [2.24, 2.45) is 0 Å².